The molecule has 0 fully saturated rings. The van der Waals surface area contributed by atoms with Gasteiger partial charge in [0.2, 0.25) is 4.73 Å². The second kappa shape index (κ2) is 6.40. The predicted octanol–water partition coefficient (Wildman–Crippen LogP) is 1.65. The zero-order valence-corrected chi connectivity index (χ0v) is 14.4. The minimum atomic E-state index is -0.590. The Hall–Kier alpha value is -2.75. The van der Waals surface area contributed by atoms with Crippen LogP contribution < -0.4 is 5.32 Å². The molecule has 0 atom stereocenters. The second-order valence-corrected chi connectivity index (χ2v) is 5.51. The van der Waals surface area contributed by atoms with Gasteiger partial charge in [-0.2, -0.15) is 5.10 Å². The third-order valence-electron chi connectivity index (χ3n) is 3.22. The number of carbonyl (C=O) groups is 2. The van der Waals surface area contributed by atoms with E-state index in [1.807, 2.05) is 0 Å². The predicted molar refractivity (Wildman–Crippen MR) is 87.8 cm³/mol. The van der Waals surface area contributed by atoms with Gasteiger partial charge in [0.15, 0.2) is 5.65 Å². The van der Waals surface area contributed by atoms with E-state index in [1.54, 1.807) is 36.8 Å². The average Bonchev–Trinajstić information content (AvgIpc) is 3.09. The van der Waals surface area contributed by atoms with Crippen LogP contribution in [0.25, 0.3) is 5.65 Å². The van der Waals surface area contributed by atoms with Crippen LogP contribution in [0.3, 0.4) is 0 Å². The average molecular weight is 393 g/mol. The maximum absolute atomic E-state index is 12.5. The lowest BCUT2D eigenvalue weighted by Crippen LogP contribution is -2.20. The Kier molecular flexibility index (Phi) is 4.30. The normalized spacial score (nSPS) is 10.8. The van der Waals surface area contributed by atoms with Crippen molar-refractivity contribution in [3.8, 4) is 0 Å². The lowest BCUT2D eigenvalue weighted by molar-refractivity contribution is 0.0523. The minimum Gasteiger partial charge on any atom is -0.462 e. The maximum atomic E-state index is 12.5. The van der Waals surface area contributed by atoms with Crippen molar-refractivity contribution in [1.82, 2.24) is 24.4 Å². The molecule has 0 unspecified atom stereocenters. The highest BCUT2D eigenvalue weighted by atomic mass is 79.9. The van der Waals surface area contributed by atoms with E-state index in [4.69, 9.17) is 4.74 Å². The molecule has 0 aliphatic rings. The highest BCUT2D eigenvalue weighted by Crippen LogP contribution is 2.16. The highest BCUT2D eigenvalue weighted by molar-refractivity contribution is 9.10. The first-order chi connectivity index (χ1) is 11.5. The van der Waals surface area contributed by atoms with Crippen molar-refractivity contribution >= 4 is 39.1 Å². The fraction of sp³-hybridized carbons (Fsp3) is 0.214. The van der Waals surface area contributed by atoms with E-state index in [-0.39, 0.29) is 17.9 Å². The van der Waals surface area contributed by atoms with Crippen molar-refractivity contribution in [2.45, 2.75) is 6.92 Å². The first-order valence-corrected chi connectivity index (χ1v) is 7.81. The first-order valence-electron chi connectivity index (χ1n) is 7.02. The number of halogens is 1. The Morgan fingerprint density at radius 3 is 2.96 bits per heavy atom. The summed E-state index contributed by atoms with van der Waals surface area (Å²) in [5.41, 5.74) is 1.32. The van der Waals surface area contributed by atoms with Crippen molar-refractivity contribution in [1.29, 1.82) is 0 Å². The monoisotopic (exact) mass is 392 g/mol. The molecule has 0 aliphatic carbocycles. The summed E-state index contributed by atoms with van der Waals surface area (Å²) in [4.78, 5) is 28.6. The summed E-state index contributed by atoms with van der Waals surface area (Å²) in [6.07, 6.45) is 2.98. The Morgan fingerprint density at radius 1 is 1.42 bits per heavy atom. The van der Waals surface area contributed by atoms with E-state index in [1.165, 1.54) is 10.9 Å². The van der Waals surface area contributed by atoms with Crippen LogP contribution in [0.1, 0.15) is 27.8 Å². The van der Waals surface area contributed by atoms with Crippen LogP contribution >= 0.6 is 15.9 Å². The Balaban J connectivity index is 1.88. The van der Waals surface area contributed by atoms with Crippen LogP contribution in [0.5, 0.6) is 0 Å². The number of aromatic nitrogens is 5. The third kappa shape index (κ3) is 3.00. The van der Waals surface area contributed by atoms with Gasteiger partial charge in [-0.3, -0.25) is 9.48 Å². The number of esters is 1. The SMILES string of the molecule is CCOC(=O)c1cnn(C)c1C(=O)Nc1ccn2nc(Br)nc2c1. The number of rotatable bonds is 4. The molecule has 0 bridgehead atoms. The zero-order chi connectivity index (χ0) is 17.3. The Labute approximate surface area is 144 Å². The molecule has 10 heteroatoms. The first kappa shape index (κ1) is 16.1. The van der Waals surface area contributed by atoms with Crippen LogP contribution in [0.4, 0.5) is 5.69 Å². The Bertz CT molecular complexity index is 932. The van der Waals surface area contributed by atoms with Gasteiger partial charge in [0.25, 0.3) is 5.91 Å². The number of nitrogens with zero attached hydrogens (tertiary/aromatic N) is 5. The lowest BCUT2D eigenvalue weighted by atomic mass is 10.2. The Morgan fingerprint density at radius 2 is 2.21 bits per heavy atom. The van der Waals surface area contributed by atoms with Crippen molar-refractivity contribution in [3.63, 3.8) is 0 Å². The van der Waals surface area contributed by atoms with Crippen LogP contribution in [-0.2, 0) is 11.8 Å². The van der Waals surface area contributed by atoms with Crippen molar-refractivity contribution < 1.29 is 14.3 Å². The van der Waals surface area contributed by atoms with Gasteiger partial charge in [0, 0.05) is 25.0 Å². The molecule has 3 aromatic rings. The smallest absolute Gasteiger partial charge is 0.342 e. The molecular formula is C14H13BrN6O3. The molecule has 124 valence electrons. The van der Waals surface area contributed by atoms with Crippen LogP contribution in [-0.4, -0.2) is 42.9 Å². The van der Waals surface area contributed by atoms with E-state index in [0.717, 1.165) is 0 Å². The maximum Gasteiger partial charge on any atom is 0.342 e. The lowest BCUT2D eigenvalue weighted by Gasteiger charge is -2.07. The number of amides is 1. The number of carbonyl (C=O) groups excluding carboxylic acids is 2. The van der Waals surface area contributed by atoms with Gasteiger partial charge in [-0.25, -0.2) is 14.3 Å². The number of aryl methyl sites for hydroxylation is 1. The molecule has 0 aromatic carbocycles. The summed E-state index contributed by atoms with van der Waals surface area (Å²) >= 11 is 3.19. The molecule has 3 rings (SSSR count). The fourth-order valence-electron chi connectivity index (χ4n) is 2.19. The van der Waals surface area contributed by atoms with Gasteiger partial charge in [-0.15, -0.1) is 5.10 Å². The van der Waals surface area contributed by atoms with Crippen LogP contribution in [0, 0.1) is 0 Å². The fourth-order valence-corrected chi connectivity index (χ4v) is 2.54. The second-order valence-electron chi connectivity index (χ2n) is 4.80. The summed E-state index contributed by atoms with van der Waals surface area (Å²) in [5, 5.41) is 10.8. The quantitative estimate of drug-likeness (QED) is 0.677. The van der Waals surface area contributed by atoms with E-state index in [9.17, 15) is 9.59 Å². The zero-order valence-electron chi connectivity index (χ0n) is 12.9. The largest absolute Gasteiger partial charge is 0.462 e. The van der Waals surface area contributed by atoms with Crippen molar-refractivity contribution in [2.75, 3.05) is 11.9 Å². The molecule has 3 heterocycles. The molecular weight excluding hydrogens is 380 g/mol. The van der Waals surface area contributed by atoms with Gasteiger partial charge in [-0.05, 0) is 28.9 Å². The topological polar surface area (TPSA) is 103 Å². The summed E-state index contributed by atoms with van der Waals surface area (Å²) in [5.74, 6) is -1.06. The number of anilines is 1. The number of hydrogen-bond acceptors (Lipinski definition) is 6. The molecule has 3 aromatic heterocycles. The molecule has 9 nitrogen and oxygen atoms in total. The third-order valence-corrected chi connectivity index (χ3v) is 3.55. The van der Waals surface area contributed by atoms with E-state index in [2.05, 4.69) is 36.4 Å². The van der Waals surface area contributed by atoms with Crippen molar-refractivity contribution in [3.05, 3.63) is 40.5 Å². The molecule has 0 saturated carbocycles. The summed E-state index contributed by atoms with van der Waals surface area (Å²) in [7, 11) is 1.58. The molecule has 0 saturated heterocycles. The van der Waals surface area contributed by atoms with E-state index >= 15 is 0 Å². The summed E-state index contributed by atoms with van der Waals surface area (Å²) in [6.45, 7) is 1.91. The van der Waals surface area contributed by atoms with Gasteiger partial charge in [0.1, 0.15) is 11.3 Å². The van der Waals surface area contributed by atoms with Gasteiger partial charge in [0.05, 0.1) is 12.8 Å². The van der Waals surface area contributed by atoms with Gasteiger partial charge < -0.3 is 10.1 Å². The number of pyridine rings is 1. The van der Waals surface area contributed by atoms with Crippen molar-refractivity contribution in [2.24, 2.45) is 7.05 Å². The number of hydrogen-bond donors (Lipinski definition) is 1. The number of nitrogens with one attached hydrogen (secondary N) is 1. The summed E-state index contributed by atoms with van der Waals surface area (Å²) in [6, 6.07) is 3.34. The standard InChI is InChI=1S/C14H13BrN6O3/c1-3-24-13(23)9-7-16-20(2)11(9)12(22)17-8-4-5-21-10(6-8)18-14(15)19-21/h4-7H,3H2,1-2H3,(H,17,22). The molecule has 0 aliphatic heterocycles. The van der Waals surface area contributed by atoms with Gasteiger partial charge >= 0.3 is 5.97 Å². The molecule has 0 radical (unpaired) electrons. The highest BCUT2D eigenvalue weighted by Gasteiger charge is 2.23. The van der Waals surface area contributed by atoms with E-state index in [0.29, 0.717) is 16.1 Å². The molecule has 1 amide bonds. The molecule has 1 N–H and O–H groups in total. The summed E-state index contributed by atoms with van der Waals surface area (Å²) < 4.78 is 8.28. The van der Waals surface area contributed by atoms with Gasteiger partial charge in [-0.1, -0.05) is 0 Å². The number of fused-ring (bicyclic) bond motifs is 1. The minimum absolute atomic E-state index is 0.114. The number of ether oxygens (including phenoxy) is 1. The molecule has 24 heavy (non-hydrogen) atoms. The van der Waals surface area contributed by atoms with E-state index < -0.39 is 11.9 Å². The van der Waals surface area contributed by atoms with Crippen LogP contribution in [0.15, 0.2) is 29.3 Å². The molecule has 0 spiro atoms. The van der Waals surface area contributed by atoms with Crippen LogP contribution in [0.2, 0.25) is 0 Å².